The minimum Gasteiger partial charge on any atom is -0.486 e. The van der Waals surface area contributed by atoms with Crippen molar-refractivity contribution in [1.29, 1.82) is 5.26 Å². The molecule has 1 fully saturated rings. The smallest absolute Gasteiger partial charge is 0.202 e. The molecule has 198 valence electrons. The summed E-state index contributed by atoms with van der Waals surface area (Å²) in [6, 6.07) is 6.70. The molecule has 2 aliphatic heterocycles. The highest BCUT2D eigenvalue weighted by Crippen LogP contribution is 2.33. The van der Waals surface area contributed by atoms with E-state index >= 15 is 0 Å². The highest BCUT2D eigenvalue weighted by Gasteiger charge is 2.29. The van der Waals surface area contributed by atoms with Crippen LogP contribution in [0.3, 0.4) is 0 Å². The van der Waals surface area contributed by atoms with Crippen molar-refractivity contribution in [3.05, 3.63) is 87.9 Å². The van der Waals surface area contributed by atoms with Gasteiger partial charge in [0, 0.05) is 62.6 Å². The summed E-state index contributed by atoms with van der Waals surface area (Å²) in [6.07, 6.45) is 10.2. The summed E-state index contributed by atoms with van der Waals surface area (Å²) >= 11 is 0. The fourth-order valence-electron chi connectivity index (χ4n) is 5.52. The van der Waals surface area contributed by atoms with Crippen LogP contribution in [0, 0.1) is 23.0 Å². The largest absolute Gasteiger partial charge is 0.486 e. The van der Waals surface area contributed by atoms with Crippen molar-refractivity contribution in [2.24, 2.45) is 0 Å². The van der Waals surface area contributed by atoms with Gasteiger partial charge in [-0.05, 0) is 36.6 Å². The molecule has 5 heterocycles. The summed E-state index contributed by atoms with van der Waals surface area (Å²) in [5, 5.41) is 9.45. The zero-order valence-electron chi connectivity index (χ0n) is 21.1. The van der Waals surface area contributed by atoms with Crippen molar-refractivity contribution >= 4 is 16.7 Å². The number of ether oxygens (including phenoxy) is 1. The van der Waals surface area contributed by atoms with Crippen molar-refractivity contribution < 1.29 is 13.5 Å². The zero-order valence-corrected chi connectivity index (χ0v) is 21.1. The SMILES string of the molecule is N#Cc1cc(CN(Cc2cn3c4c(c(F)c(F)cc4c2=O)OCC3)[C@H]2CCCN(c3cnccn3)C2)ccn1. The van der Waals surface area contributed by atoms with Crippen LogP contribution in [0.25, 0.3) is 10.9 Å². The zero-order chi connectivity index (χ0) is 26.9. The fourth-order valence-corrected chi connectivity index (χ4v) is 5.52. The number of pyridine rings is 2. The Balaban J connectivity index is 1.39. The van der Waals surface area contributed by atoms with E-state index in [-0.39, 0.29) is 41.3 Å². The molecule has 3 aromatic heterocycles. The van der Waals surface area contributed by atoms with Crippen LogP contribution in [0.15, 0.2) is 54.0 Å². The number of nitrogens with zero attached hydrogens (tertiary/aromatic N) is 7. The number of nitriles is 1. The van der Waals surface area contributed by atoms with Crippen molar-refractivity contribution in [1.82, 2.24) is 24.4 Å². The normalized spacial score (nSPS) is 16.8. The monoisotopic (exact) mass is 529 g/mol. The Labute approximate surface area is 222 Å². The lowest BCUT2D eigenvalue weighted by Crippen LogP contribution is -2.48. The Morgan fingerprint density at radius 1 is 1.15 bits per heavy atom. The molecule has 0 spiro atoms. The second-order valence-electron chi connectivity index (χ2n) is 9.79. The van der Waals surface area contributed by atoms with E-state index in [9.17, 15) is 18.8 Å². The Bertz CT molecular complexity index is 1640. The van der Waals surface area contributed by atoms with Crippen LogP contribution in [0.1, 0.15) is 29.7 Å². The highest BCUT2D eigenvalue weighted by atomic mass is 19.2. The minimum absolute atomic E-state index is 0.0553. The fraction of sp³-hybridized carbons (Fsp3) is 0.321. The molecular formula is C28H25F2N7O2. The Kier molecular flexibility index (Phi) is 6.62. The van der Waals surface area contributed by atoms with E-state index in [1.807, 2.05) is 6.07 Å². The Morgan fingerprint density at radius 2 is 2.05 bits per heavy atom. The van der Waals surface area contributed by atoms with Gasteiger partial charge >= 0.3 is 0 Å². The standard InChI is InChI=1S/C28H25F2N7O2/c29-23-11-22-26-28(25(23)30)39-9-8-36(26)15-19(27(22)38)16-37(14-18-3-4-33-20(10-18)12-31)21-2-1-7-35(17-21)24-13-32-5-6-34-24/h3-6,10-11,13,15,21H,1-2,7-9,14,16-17H2/t21-/m0/s1. The van der Waals surface area contributed by atoms with Crippen LogP contribution in [-0.2, 0) is 19.6 Å². The lowest BCUT2D eigenvalue weighted by molar-refractivity contribution is 0.157. The third kappa shape index (κ3) is 4.79. The Morgan fingerprint density at radius 3 is 2.87 bits per heavy atom. The van der Waals surface area contributed by atoms with E-state index in [4.69, 9.17) is 4.74 Å². The molecule has 1 saturated heterocycles. The molecule has 0 amide bonds. The average molecular weight is 530 g/mol. The van der Waals surface area contributed by atoms with Crippen LogP contribution in [-0.4, -0.2) is 50.2 Å². The number of aromatic nitrogens is 4. The molecular weight excluding hydrogens is 504 g/mol. The van der Waals surface area contributed by atoms with Gasteiger partial charge < -0.3 is 14.2 Å². The van der Waals surface area contributed by atoms with Crippen LogP contribution in [0.4, 0.5) is 14.6 Å². The van der Waals surface area contributed by atoms with Gasteiger partial charge in [0.1, 0.15) is 24.2 Å². The van der Waals surface area contributed by atoms with E-state index in [1.165, 1.54) is 0 Å². The first-order valence-corrected chi connectivity index (χ1v) is 12.8. The predicted octanol–water partition coefficient (Wildman–Crippen LogP) is 3.40. The number of hydrogen-bond acceptors (Lipinski definition) is 8. The molecule has 6 rings (SSSR count). The number of anilines is 1. The van der Waals surface area contributed by atoms with Crippen LogP contribution in [0.2, 0.25) is 0 Å². The van der Waals surface area contributed by atoms with E-state index in [2.05, 4.69) is 30.8 Å². The number of benzene rings is 1. The molecule has 0 N–H and O–H groups in total. The molecule has 4 aromatic rings. The van der Waals surface area contributed by atoms with Gasteiger partial charge in [-0.2, -0.15) is 9.65 Å². The van der Waals surface area contributed by atoms with Gasteiger partial charge in [-0.25, -0.2) is 14.4 Å². The second-order valence-corrected chi connectivity index (χ2v) is 9.79. The summed E-state index contributed by atoms with van der Waals surface area (Å²) in [6.45, 7) is 2.87. The molecule has 1 aromatic carbocycles. The maximum atomic E-state index is 14.4. The third-order valence-electron chi connectivity index (χ3n) is 7.35. The average Bonchev–Trinajstić information content (AvgIpc) is 2.98. The highest BCUT2D eigenvalue weighted by molar-refractivity contribution is 5.86. The van der Waals surface area contributed by atoms with Gasteiger partial charge in [-0.3, -0.25) is 14.7 Å². The van der Waals surface area contributed by atoms with Gasteiger partial charge in [0.25, 0.3) is 0 Å². The lowest BCUT2D eigenvalue weighted by Gasteiger charge is -2.40. The molecule has 0 saturated carbocycles. The summed E-state index contributed by atoms with van der Waals surface area (Å²) in [5.41, 5.74) is 1.61. The van der Waals surface area contributed by atoms with Gasteiger partial charge in [0.15, 0.2) is 17.0 Å². The minimum atomic E-state index is -1.11. The predicted molar refractivity (Wildman–Crippen MR) is 139 cm³/mol. The maximum Gasteiger partial charge on any atom is 0.202 e. The first-order chi connectivity index (χ1) is 19.0. The molecule has 0 bridgehead atoms. The quantitative estimate of drug-likeness (QED) is 0.375. The van der Waals surface area contributed by atoms with Gasteiger partial charge in [-0.1, -0.05) is 0 Å². The molecule has 0 aliphatic carbocycles. The maximum absolute atomic E-state index is 14.4. The van der Waals surface area contributed by atoms with E-state index in [1.54, 1.807) is 41.6 Å². The molecule has 11 heteroatoms. The Hall–Kier alpha value is -4.43. The van der Waals surface area contributed by atoms with Crippen LogP contribution in [0.5, 0.6) is 5.75 Å². The second kappa shape index (κ2) is 10.4. The molecule has 2 aliphatic rings. The summed E-state index contributed by atoms with van der Waals surface area (Å²) < 4.78 is 36.0. The first-order valence-electron chi connectivity index (χ1n) is 12.8. The summed E-state index contributed by atoms with van der Waals surface area (Å²) in [4.78, 5) is 30.8. The van der Waals surface area contributed by atoms with E-state index in [0.717, 1.165) is 36.8 Å². The topological polar surface area (TPSA) is 100 Å². The van der Waals surface area contributed by atoms with E-state index < -0.39 is 11.6 Å². The summed E-state index contributed by atoms with van der Waals surface area (Å²) in [5.74, 6) is -1.62. The van der Waals surface area contributed by atoms with Crippen molar-refractivity contribution in [2.45, 2.75) is 38.5 Å². The molecule has 1 atom stereocenters. The summed E-state index contributed by atoms with van der Waals surface area (Å²) in [7, 11) is 0. The van der Waals surface area contributed by atoms with Gasteiger partial charge in [0.05, 0.1) is 23.6 Å². The van der Waals surface area contributed by atoms with Gasteiger partial charge in [-0.15, -0.1) is 0 Å². The van der Waals surface area contributed by atoms with Crippen molar-refractivity contribution in [3.8, 4) is 11.8 Å². The van der Waals surface area contributed by atoms with Crippen molar-refractivity contribution in [3.63, 3.8) is 0 Å². The molecule has 0 radical (unpaired) electrons. The number of hydrogen-bond donors (Lipinski definition) is 0. The van der Waals surface area contributed by atoms with Gasteiger partial charge in [0.2, 0.25) is 5.82 Å². The number of rotatable bonds is 6. The lowest BCUT2D eigenvalue weighted by atomic mass is 10.0. The molecule has 0 unspecified atom stereocenters. The van der Waals surface area contributed by atoms with Crippen molar-refractivity contribution in [2.75, 3.05) is 24.6 Å². The number of piperidine rings is 1. The van der Waals surface area contributed by atoms with Crippen LogP contribution >= 0.6 is 0 Å². The molecule has 39 heavy (non-hydrogen) atoms. The number of halogens is 2. The first kappa shape index (κ1) is 24.9. The molecule has 9 nitrogen and oxygen atoms in total. The van der Waals surface area contributed by atoms with E-state index in [0.29, 0.717) is 30.9 Å². The van der Waals surface area contributed by atoms with Crippen LogP contribution < -0.4 is 15.1 Å². The third-order valence-corrected chi connectivity index (χ3v) is 7.35.